The number of nitrogens with zero attached hydrogens (tertiary/aromatic N) is 2. The first-order valence-electron chi connectivity index (χ1n) is 17.3. The molecule has 6 rings (SSSR count). The van der Waals surface area contributed by atoms with Crippen LogP contribution in [0.5, 0.6) is 0 Å². The zero-order valence-electron chi connectivity index (χ0n) is 32.3. The molecule has 4 aromatic carbocycles. The number of carboxylic acids is 2. The Labute approximate surface area is 398 Å². The topological polar surface area (TPSA) is 215 Å². The van der Waals surface area contributed by atoms with Crippen molar-refractivity contribution in [2.24, 2.45) is 0 Å². The molecule has 0 saturated carbocycles. The maximum absolute atomic E-state index is 10.7. The summed E-state index contributed by atoms with van der Waals surface area (Å²) in [6.45, 7) is 0. The van der Waals surface area contributed by atoms with E-state index in [4.69, 9.17) is 36.2 Å². The van der Waals surface area contributed by atoms with Gasteiger partial charge in [0.05, 0.1) is 48.2 Å². The summed E-state index contributed by atoms with van der Waals surface area (Å²) in [7, 11) is -13.7. The first-order valence-corrected chi connectivity index (χ1v) is 23.5. The third-order valence-corrected chi connectivity index (χ3v) is 14.8. The van der Waals surface area contributed by atoms with Crippen LogP contribution in [0.4, 0.5) is 26.3 Å². The van der Waals surface area contributed by atoms with Crippen molar-refractivity contribution < 1.29 is 117 Å². The molecular formula is C40H36Au2F6N2O10P2S2+2. The van der Waals surface area contributed by atoms with Gasteiger partial charge in [0.25, 0.3) is 0 Å². The predicted octanol–water partition coefficient (Wildman–Crippen LogP) is 6.37. The average molecular weight is 1340 g/mol. The van der Waals surface area contributed by atoms with Crippen molar-refractivity contribution in [3.05, 3.63) is 182 Å². The van der Waals surface area contributed by atoms with Gasteiger partial charge >= 0.3 is 67.7 Å². The number of alkyl halides is 6. The van der Waals surface area contributed by atoms with Gasteiger partial charge in [-0.15, -0.1) is 0 Å². The summed E-state index contributed by atoms with van der Waals surface area (Å²) in [6, 6.07) is 50.3. The van der Waals surface area contributed by atoms with Crippen LogP contribution in [0.25, 0.3) is 0 Å². The Balaban J connectivity index is 0.000000906. The molecular weight excluding hydrogens is 1300 g/mol. The second-order valence-corrected chi connectivity index (χ2v) is 19.8. The Bertz CT molecular complexity index is 2210. The number of halogens is 6. The van der Waals surface area contributed by atoms with Gasteiger partial charge in [-0.2, -0.15) is 26.3 Å². The summed E-state index contributed by atoms with van der Waals surface area (Å²) in [5, 5.41) is 22.8. The Morgan fingerprint density at radius 1 is 0.453 bits per heavy atom. The number of pyridine rings is 2. The smallest absolute Gasteiger partial charge is 0.741 e. The van der Waals surface area contributed by atoms with E-state index in [0.29, 0.717) is 0 Å². The van der Waals surface area contributed by atoms with Gasteiger partial charge in [0.2, 0.25) is 0 Å². The van der Waals surface area contributed by atoms with Crippen molar-refractivity contribution >= 4 is 69.2 Å². The minimum atomic E-state index is -6.09. The molecule has 0 aliphatic heterocycles. The predicted molar refractivity (Wildman–Crippen MR) is 225 cm³/mol. The molecule has 0 aliphatic carbocycles. The third kappa shape index (κ3) is 22.7. The molecule has 64 heavy (non-hydrogen) atoms. The van der Waals surface area contributed by atoms with Crippen LogP contribution >= 0.6 is 15.8 Å². The van der Waals surface area contributed by atoms with Crippen LogP contribution in [0.1, 0.15) is 20.7 Å². The Hall–Kier alpha value is -4.14. The molecule has 2 N–H and O–H groups in total. The summed E-state index contributed by atoms with van der Waals surface area (Å²) in [5.41, 5.74) is -10.8. The fourth-order valence-corrected chi connectivity index (χ4v) is 10.9. The molecule has 0 saturated heterocycles. The number of hydrogen-bond donors (Lipinski definition) is 2. The van der Waals surface area contributed by atoms with E-state index in [1.807, 2.05) is 0 Å². The number of aromatic carboxylic acids is 2. The normalized spacial score (nSPS) is 10.8. The van der Waals surface area contributed by atoms with Crippen molar-refractivity contribution in [1.82, 2.24) is 9.97 Å². The van der Waals surface area contributed by atoms with Crippen LogP contribution in [0.15, 0.2) is 170 Å². The molecule has 350 valence electrons. The Morgan fingerprint density at radius 2 is 0.641 bits per heavy atom. The van der Waals surface area contributed by atoms with Crippen molar-refractivity contribution in [3.8, 4) is 0 Å². The zero-order chi connectivity index (χ0) is 46.4. The van der Waals surface area contributed by atoms with Crippen molar-refractivity contribution in [2.45, 2.75) is 11.0 Å². The summed E-state index contributed by atoms with van der Waals surface area (Å²) in [6.07, 6.45) is 8.31. The molecule has 0 spiro atoms. The maximum Gasteiger partial charge on any atom is 1.00 e. The van der Waals surface area contributed by atoms with Crippen molar-refractivity contribution in [2.75, 3.05) is 12.3 Å². The monoisotopic (exact) mass is 1340 g/mol. The number of benzene rings is 4. The molecule has 0 bridgehead atoms. The molecule has 0 unspecified atom stereocenters. The van der Waals surface area contributed by atoms with Gasteiger partial charge in [0, 0.05) is 24.8 Å². The molecule has 0 fully saturated rings. The van der Waals surface area contributed by atoms with Gasteiger partial charge < -0.3 is 19.3 Å². The maximum atomic E-state index is 10.7. The zero-order valence-corrected chi connectivity index (χ0v) is 40.3. The van der Waals surface area contributed by atoms with E-state index < -0.39 is 59.0 Å². The van der Waals surface area contributed by atoms with Gasteiger partial charge in [0.15, 0.2) is 20.2 Å². The van der Waals surface area contributed by atoms with E-state index in [9.17, 15) is 35.9 Å². The van der Waals surface area contributed by atoms with Crippen LogP contribution in [-0.4, -0.2) is 81.4 Å². The van der Waals surface area contributed by atoms with Crippen molar-refractivity contribution in [1.29, 1.82) is 0 Å². The molecule has 24 heteroatoms. The summed E-state index contributed by atoms with van der Waals surface area (Å²) < 4.78 is 118. The van der Waals surface area contributed by atoms with Crippen LogP contribution < -0.4 is 21.2 Å². The van der Waals surface area contributed by atoms with Gasteiger partial charge in [-0.05, 0) is 72.8 Å². The molecule has 2 heterocycles. The minimum Gasteiger partial charge on any atom is -0.741 e. The third-order valence-electron chi connectivity index (χ3n) is 7.54. The number of aromatic nitrogens is 2. The van der Waals surface area contributed by atoms with Gasteiger partial charge in [-0.3, -0.25) is 9.97 Å². The van der Waals surface area contributed by atoms with Crippen LogP contribution in [-0.2, 0) is 65.0 Å². The first-order chi connectivity index (χ1) is 29.0. The van der Waals surface area contributed by atoms with Gasteiger partial charge in [0.1, 0.15) is 12.3 Å². The summed E-state index contributed by atoms with van der Waals surface area (Å²) in [5.74, 6) is -1.84. The molecule has 0 radical (unpaired) electrons. The average Bonchev–Trinajstić information content (AvgIpc) is 3.24. The number of carbonyl (C=O) groups is 2. The number of carboxylic acid groups (broad SMARTS) is 2. The minimum absolute atomic E-state index is 0. The molecule has 0 aliphatic rings. The second-order valence-electron chi connectivity index (χ2n) is 11.8. The second kappa shape index (κ2) is 29.4. The SMILES string of the molecule is O=C(O)c1ccncc1.O=C(O)c1ccncc1.O=S(=O)([O-])C(F)(F)F.O=S(=O)([O-])C(F)(F)F.[Au+].[Au+].c1ccc([PH+](CC[PH+](c2ccccc2)c2ccccc2)c2ccccc2)cc1. The fraction of sp³-hybridized carbons (Fsp3) is 0.100. The standard InChI is InChI=1S/C26H24P2.2C6H5NO2.2CHF3O3S.2Au/c1-5-13-23(14-6-1)27(24-15-7-2-8-16-24)21-22-28(25-17-9-3-10-18-25)26-19-11-4-12-20-26;2*8-6(9)5-1-3-7-4-2-5;2*2-1(3,4)8(5,6)7;;/h1-20H,21-22H2;2*1-4H,(H,8,9);2*(H,5,6,7);;/q;;;;;2*+1. The van der Waals surface area contributed by atoms with Crippen LogP contribution in [0.3, 0.4) is 0 Å². The fourth-order valence-electron chi connectivity index (χ4n) is 4.71. The Morgan fingerprint density at radius 3 is 0.781 bits per heavy atom. The summed E-state index contributed by atoms with van der Waals surface area (Å²) >= 11 is 0. The van der Waals surface area contributed by atoms with E-state index in [1.54, 1.807) is 0 Å². The van der Waals surface area contributed by atoms with Gasteiger partial charge in [-0.25, -0.2) is 26.4 Å². The molecule has 2 aromatic heterocycles. The van der Waals surface area contributed by atoms with Crippen LogP contribution in [0, 0.1) is 0 Å². The molecule has 12 nitrogen and oxygen atoms in total. The summed E-state index contributed by atoms with van der Waals surface area (Å²) in [4.78, 5) is 27.7. The Kier molecular flexibility index (Phi) is 27.5. The van der Waals surface area contributed by atoms with E-state index in [-0.39, 0.29) is 55.9 Å². The van der Waals surface area contributed by atoms with E-state index >= 15 is 0 Å². The largest absolute Gasteiger partial charge is 1.00 e. The van der Waals surface area contributed by atoms with E-state index in [2.05, 4.69) is 131 Å². The quantitative estimate of drug-likeness (QED) is 0.0531. The van der Waals surface area contributed by atoms with E-state index in [1.165, 1.54) is 82.6 Å². The first kappa shape index (κ1) is 59.9. The number of hydrogen-bond acceptors (Lipinski definition) is 10. The van der Waals surface area contributed by atoms with E-state index in [0.717, 1.165) is 0 Å². The van der Waals surface area contributed by atoms with Gasteiger partial charge in [-0.1, -0.05) is 72.8 Å². The number of rotatable bonds is 9. The molecule has 6 aromatic rings. The molecule has 0 atom stereocenters. The van der Waals surface area contributed by atoms with Crippen molar-refractivity contribution in [3.63, 3.8) is 0 Å². The molecule has 0 amide bonds. The van der Waals surface area contributed by atoms with Crippen LogP contribution in [0.2, 0.25) is 0 Å².